The predicted molar refractivity (Wildman–Crippen MR) is 143 cm³/mol. The summed E-state index contributed by atoms with van der Waals surface area (Å²) in [4.78, 5) is 0. The standard InChI is InChI=1S/C30H21BN2/c31-20-15-16-24-26-19-29-25(18-30(26)33(28(24)17-20)22-11-5-2-6-12-22)23-13-7-8-14-27(23)32(29)21-9-3-1-4-10-21/h1-19H,31H2. The molecule has 0 bridgehead atoms. The summed E-state index contributed by atoms with van der Waals surface area (Å²) >= 11 is 0. The molecule has 0 aliphatic heterocycles. The molecule has 0 atom stereocenters. The van der Waals surface area contributed by atoms with Crippen molar-refractivity contribution in [3.05, 3.63) is 115 Å². The molecule has 2 nitrogen and oxygen atoms in total. The van der Waals surface area contributed by atoms with Gasteiger partial charge in [0.05, 0.1) is 22.1 Å². The van der Waals surface area contributed by atoms with Crippen LogP contribution < -0.4 is 5.46 Å². The van der Waals surface area contributed by atoms with E-state index in [1.54, 1.807) is 0 Å². The molecule has 0 saturated carbocycles. The molecular weight excluding hydrogens is 399 g/mol. The fraction of sp³-hybridized carbons (Fsp3) is 0. The first-order chi connectivity index (χ1) is 16.3. The molecule has 5 aromatic carbocycles. The molecule has 0 saturated heterocycles. The van der Waals surface area contributed by atoms with E-state index in [0.717, 1.165) is 0 Å². The van der Waals surface area contributed by atoms with Crippen molar-refractivity contribution in [1.29, 1.82) is 0 Å². The molecule has 33 heavy (non-hydrogen) atoms. The number of nitrogens with zero attached hydrogens (tertiary/aromatic N) is 2. The fourth-order valence-corrected chi connectivity index (χ4v) is 5.30. The Morgan fingerprint density at radius 2 is 0.879 bits per heavy atom. The minimum atomic E-state index is 1.19. The van der Waals surface area contributed by atoms with E-state index in [1.807, 2.05) is 0 Å². The number of fused-ring (bicyclic) bond motifs is 6. The van der Waals surface area contributed by atoms with Gasteiger partial charge >= 0.3 is 0 Å². The van der Waals surface area contributed by atoms with E-state index < -0.39 is 0 Å². The van der Waals surface area contributed by atoms with Crippen molar-refractivity contribution in [3.8, 4) is 11.4 Å². The lowest BCUT2D eigenvalue weighted by molar-refractivity contribution is 1.17. The molecule has 3 heteroatoms. The van der Waals surface area contributed by atoms with Gasteiger partial charge in [-0.15, -0.1) is 0 Å². The first-order valence-electron chi connectivity index (χ1n) is 11.4. The molecule has 2 heterocycles. The highest BCUT2D eigenvalue weighted by atomic mass is 15.0. The Balaban J connectivity index is 1.71. The summed E-state index contributed by atoms with van der Waals surface area (Å²) in [7, 11) is 2.17. The van der Waals surface area contributed by atoms with Gasteiger partial charge in [-0.25, -0.2) is 0 Å². The molecule has 7 aromatic rings. The lowest BCUT2D eigenvalue weighted by Gasteiger charge is -2.09. The van der Waals surface area contributed by atoms with Crippen LogP contribution in [0.15, 0.2) is 115 Å². The van der Waals surface area contributed by atoms with Crippen LogP contribution in [0.1, 0.15) is 0 Å². The van der Waals surface area contributed by atoms with Crippen molar-refractivity contribution in [2.75, 3.05) is 0 Å². The lowest BCUT2D eigenvalue weighted by atomic mass is 9.95. The molecule has 7 rings (SSSR count). The second-order valence-corrected chi connectivity index (χ2v) is 8.77. The van der Waals surface area contributed by atoms with Gasteiger partial charge in [-0.2, -0.15) is 0 Å². The number of hydrogen-bond acceptors (Lipinski definition) is 0. The average molecular weight is 420 g/mol. The van der Waals surface area contributed by atoms with Crippen LogP contribution in [0, 0.1) is 0 Å². The summed E-state index contributed by atoms with van der Waals surface area (Å²) in [6.07, 6.45) is 0. The normalized spacial score (nSPS) is 11.8. The molecule has 0 unspecified atom stereocenters. The first-order valence-corrected chi connectivity index (χ1v) is 11.4. The van der Waals surface area contributed by atoms with Crippen molar-refractivity contribution in [2.24, 2.45) is 0 Å². The van der Waals surface area contributed by atoms with Crippen molar-refractivity contribution >= 4 is 56.9 Å². The number of rotatable bonds is 2. The van der Waals surface area contributed by atoms with Crippen LogP contribution in [-0.4, -0.2) is 17.0 Å². The number of aromatic nitrogens is 2. The van der Waals surface area contributed by atoms with Crippen molar-refractivity contribution in [2.45, 2.75) is 0 Å². The largest absolute Gasteiger partial charge is 0.309 e. The van der Waals surface area contributed by atoms with Crippen LogP contribution >= 0.6 is 0 Å². The highest BCUT2D eigenvalue weighted by Gasteiger charge is 2.18. The van der Waals surface area contributed by atoms with Crippen molar-refractivity contribution in [1.82, 2.24) is 9.13 Å². The van der Waals surface area contributed by atoms with Gasteiger partial charge in [0.1, 0.15) is 7.85 Å². The van der Waals surface area contributed by atoms with E-state index in [4.69, 9.17) is 0 Å². The van der Waals surface area contributed by atoms with E-state index >= 15 is 0 Å². The van der Waals surface area contributed by atoms with Gasteiger partial charge in [0.2, 0.25) is 0 Å². The third-order valence-electron chi connectivity index (χ3n) is 6.74. The van der Waals surface area contributed by atoms with Crippen LogP contribution in [0.3, 0.4) is 0 Å². The average Bonchev–Trinajstić information content (AvgIpc) is 3.35. The third kappa shape index (κ3) is 2.63. The number of benzene rings is 5. The summed E-state index contributed by atoms with van der Waals surface area (Å²) in [6.45, 7) is 0. The van der Waals surface area contributed by atoms with Gasteiger partial charge < -0.3 is 9.13 Å². The van der Waals surface area contributed by atoms with Crippen LogP contribution in [0.2, 0.25) is 0 Å². The Hall–Kier alpha value is -4.24. The SMILES string of the molecule is Bc1ccc2c3cc4c(cc3n(-c3ccccc3)c2c1)c1ccccc1n4-c1ccccc1. The summed E-state index contributed by atoms with van der Waals surface area (Å²) in [5.41, 5.74) is 8.61. The second kappa shape index (κ2) is 6.88. The van der Waals surface area contributed by atoms with E-state index in [-0.39, 0.29) is 0 Å². The van der Waals surface area contributed by atoms with Crippen molar-refractivity contribution < 1.29 is 0 Å². The maximum atomic E-state index is 2.41. The Bertz CT molecular complexity index is 1810. The molecule has 0 amide bonds. The summed E-state index contributed by atoms with van der Waals surface area (Å²) in [5.74, 6) is 0. The zero-order chi connectivity index (χ0) is 21.9. The van der Waals surface area contributed by atoms with E-state index in [2.05, 4.69) is 132 Å². The van der Waals surface area contributed by atoms with Gasteiger partial charge in [0.15, 0.2) is 0 Å². The van der Waals surface area contributed by atoms with E-state index in [1.165, 1.54) is 60.4 Å². The van der Waals surface area contributed by atoms with Gasteiger partial charge in [-0.3, -0.25) is 0 Å². The predicted octanol–water partition coefficient (Wildman–Crippen LogP) is 6.14. The molecule has 0 N–H and O–H groups in total. The minimum Gasteiger partial charge on any atom is -0.309 e. The number of hydrogen-bond donors (Lipinski definition) is 0. The summed E-state index contributed by atoms with van der Waals surface area (Å²) in [5, 5.41) is 5.12. The quantitative estimate of drug-likeness (QED) is 0.298. The zero-order valence-corrected chi connectivity index (χ0v) is 18.4. The molecule has 2 aromatic heterocycles. The molecular formula is C30H21BN2. The van der Waals surface area contributed by atoms with Crippen LogP contribution in [0.4, 0.5) is 0 Å². The highest BCUT2D eigenvalue weighted by molar-refractivity contribution is 6.33. The molecule has 0 radical (unpaired) electrons. The molecule has 0 aliphatic carbocycles. The maximum Gasteiger partial charge on any atom is 0.139 e. The van der Waals surface area contributed by atoms with Crippen LogP contribution in [0.5, 0.6) is 0 Å². The Labute approximate surface area is 192 Å². The van der Waals surface area contributed by atoms with Gasteiger partial charge in [-0.1, -0.05) is 72.2 Å². The lowest BCUT2D eigenvalue weighted by Crippen LogP contribution is -2.02. The Kier molecular flexibility index (Phi) is 3.83. The number of para-hydroxylation sites is 3. The van der Waals surface area contributed by atoms with Gasteiger partial charge in [0.25, 0.3) is 0 Å². The Morgan fingerprint density at radius 3 is 1.52 bits per heavy atom. The highest BCUT2D eigenvalue weighted by Crippen LogP contribution is 2.39. The minimum absolute atomic E-state index is 1.19. The summed E-state index contributed by atoms with van der Waals surface area (Å²) in [6, 6.07) is 41.6. The first kappa shape index (κ1) is 18.3. The van der Waals surface area contributed by atoms with Crippen LogP contribution in [0.25, 0.3) is 55.0 Å². The second-order valence-electron chi connectivity index (χ2n) is 8.77. The topological polar surface area (TPSA) is 9.86 Å². The molecule has 154 valence electrons. The van der Waals surface area contributed by atoms with Gasteiger partial charge in [0, 0.05) is 32.9 Å². The molecule has 0 aliphatic rings. The fourth-order valence-electron chi connectivity index (χ4n) is 5.30. The van der Waals surface area contributed by atoms with Gasteiger partial charge in [-0.05, 0) is 48.5 Å². The summed E-state index contributed by atoms with van der Waals surface area (Å²) < 4.78 is 4.80. The van der Waals surface area contributed by atoms with E-state index in [9.17, 15) is 0 Å². The third-order valence-corrected chi connectivity index (χ3v) is 6.74. The van der Waals surface area contributed by atoms with Crippen molar-refractivity contribution in [3.63, 3.8) is 0 Å². The smallest absolute Gasteiger partial charge is 0.139 e. The molecule has 0 spiro atoms. The van der Waals surface area contributed by atoms with E-state index in [0.29, 0.717) is 0 Å². The molecule has 0 fully saturated rings. The van der Waals surface area contributed by atoms with Crippen LogP contribution in [-0.2, 0) is 0 Å². The zero-order valence-electron chi connectivity index (χ0n) is 18.4. The monoisotopic (exact) mass is 420 g/mol. The Morgan fingerprint density at radius 1 is 0.394 bits per heavy atom. The maximum absolute atomic E-state index is 2.41.